The molecule has 2 atom stereocenters. The number of allylic oxidation sites excluding steroid dienone is 16. The van der Waals surface area contributed by atoms with Gasteiger partial charge in [0.2, 0.25) is 0 Å². The van der Waals surface area contributed by atoms with Crippen molar-refractivity contribution < 1.29 is 42.9 Å². The maximum atomic E-state index is 12.8. The number of carbonyl (C=O) groups excluding carboxylic acids is 2. The van der Waals surface area contributed by atoms with Crippen molar-refractivity contribution in [2.24, 2.45) is 0 Å². The van der Waals surface area contributed by atoms with Crippen molar-refractivity contribution in [2.75, 3.05) is 47.5 Å². The van der Waals surface area contributed by atoms with Gasteiger partial charge in [-0.15, -0.1) is 0 Å². The second-order valence-electron chi connectivity index (χ2n) is 16.0. The van der Waals surface area contributed by atoms with Gasteiger partial charge < -0.3 is 28.5 Å². The maximum Gasteiger partial charge on any atom is 0.361 e. The monoisotopic (exact) mass is 839 g/mol. The summed E-state index contributed by atoms with van der Waals surface area (Å²) in [6.45, 7) is 4.60. The summed E-state index contributed by atoms with van der Waals surface area (Å²) in [4.78, 5) is 37.0. The number of hydrogen-bond donors (Lipinski definition) is 1. The number of nitrogens with zero attached hydrogens (tertiary/aromatic N) is 1. The maximum absolute atomic E-state index is 12.8. The molecule has 9 heteroatoms. The standard InChI is InChI=1S/C51H83NO8/c1-6-8-10-12-14-16-18-19-20-21-22-23-24-25-26-27-28-29-30-31-32-34-36-38-40-42-49(54)60-47(46-59-51(50(55)56)57-44-43-52(3,4)5)45-58-48(53)41-39-37-35-33-17-15-13-11-9-7-2/h8,10-11,13-14,16,19-20,22-23,25-26,28-29,31-32,47,51H,6-7,9,12,15,17-18,21,24,27,30,33-46H2,1-5H3/p+1/b10-8-,13-11-,16-14-,20-19-,23-22-,26-25-,29-28-,32-31-. The minimum atomic E-state index is -1.52. The first kappa shape index (κ1) is 56.2. The third-order valence-electron chi connectivity index (χ3n) is 9.06. The topological polar surface area (TPSA) is 108 Å². The summed E-state index contributed by atoms with van der Waals surface area (Å²) in [6, 6.07) is 0. The summed E-state index contributed by atoms with van der Waals surface area (Å²) in [5.41, 5.74) is 0. The summed E-state index contributed by atoms with van der Waals surface area (Å²) in [6.07, 6.45) is 51.9. The Morgan fingerprint density at radius 1 is 0.517 bits per heavy atom. The minimum absolute atomic E-state index is 0.174. The highest BCUT2D eigenvalue weighted by atomic mass is 16.7. The lowest BCUT2D eigenvalue weighted by molar-refractivity contribution is -0.870. The van der Waals surface area contributed by atoms with Gasteiger partial charge in [0.15, 0.2) is 6.10 Å². The van der Waals surface area contributed by atoms with E-state index in [2.05, 4.69) is 111 Å². The Morgan fingerprint density at radius 3 is 1.45 bits per heavy atom. The number of rotatable bonds is 40. The SMILES string of the molecule is CC/C=C\C/C=C\C/C=C\C/C=C\C/C=C\C/C=C\C/C=C\CCCCCC(=O)OC(COC(=O)CCCCCCC/C=C\CCC)COC(OCC[N+](C)(C)C)C(=O)O. The smallest absolute Gasteiger partial charge is 0.361 e. The number of hydrogen-bond acceptors (Lipinski definition) is 7. The Bertz CT molecular complexity index is 1300. The lowest BCUT2D eigenvalue weighted by atomic mass is 10.1. The molecule has 0 aromatic rings. The molecule has 340 valence electrons. The average Bonchev–Trinajstić information content (AvgIpc) is 3.21. The molecule has 0 aliphatic heterocycles. The van der Waals surface area contributed by atoms with Crippen LogP contribution in [0.3, 0.4) is 0 Å². The molecule has 0 fully saturated rings. The number of ether oxygens (including phenoxy) is 4. The molecule has 0 radical (unpaired) electrons. The zero-order valence-electron chi connectivity index (χ0n) is 38.3. The van der Waals surface area contributed by atoms with E-state index in [-0.39, 0.29) is 38.6 Å². The molecule has 1 N–H and O–H groups in total. The summed E-state index contributed by atoms with van der Waals surface area (Å²) < 4.78 is 22.6. The molecular formula is C51H84NO8+. The van der Waals surface area contributed by atoms with Crippen LogP contribution in [0.25, 0.3) is 0 Å². The molecule has 60 heavy (non-hydrogen) atoms. The van der Waals surface area contributed by atoms with Crippen molar-refractivity contribution in [1.82, 2.24) is 0 Å². The fourth-order valence-electron chi connectivity index (χ4n) is 5.52. The zero-order chi connectivity index (χ0) is 44.2. The molecular weight excluding hydrogens is 755 g/mol. The van der Waals surface area contributed by atoms with Gasteiger partial charge in [0.25, 0.3) is 6.29 Å². The Kier molecular flexibility index (Phi) is 39.3. The van der Waals surface area contributed by atoms with Gasteiger partial charge in [-0.25, -0.2) is 4.79 Å². The Balaban J connectivity index is 4.46. The van der Waals surface area contributed by atoms with Gasteiger partial charge in [-0.3, -0.25) is 9.59 Å². The van der Waals surface area contributed by atoms with E-state index in [1.54, 1.807) is 0 Å². The number of aliphatic carboxylic acids is 1. The second-order valence-corrected chi connectivity index (χ2v) is 16.0. The van der Waals surface area contributed by atoms with Crippen molar-refractivity contribution in [2.45, 2.75) is 161 Å². The predicted octanol–water partition coefficient (Wildman–Crippen LogP) is 12.3. The highest BCUT2D eigenvalue weighted by molar-refractivity contribution is 5.71. The average molecular weight is 839 g/mol. The first-order valence-electron chi connectivity index (χ1n) is 22.9. The summed E-state index contributed by atoms with van der Waals surface area (Å²) in [5, 5.41) is 9.62. The fourth-order valence-corrected chi connectivity index (χ4v) is 5.52. The molecule has 0 heterocycles. The van der Waals surface area contributed by atoms with Crippen molar-refractivity contribution >= 4 is 17.9 Å². The van der Waals surface area contributed by atoms with E-state index in [0.29, 0.717) is 17.4 Å². The minimum Gasteiger partial charge on any atom is -0.477 e. The van der Waals surface area contributed by atoms with Crippen molar-refractivity contribution in [3.05, 3.63) is 97.2 Å². The van der Waals surface area contributed by atoms with Gasteiger partial charge in [-0.2, -0.15) is 0 Å². The van der Waals surface area contributed by atoms with Gasteiger partial charge in [0.05, 0.1) is 34.4 Å². The van der Waals surface area contributed by atoms with E-state index >= 15 is 0 Å². The summed E-state index contributed by atoms with van der Waals surface area (Å²) in [7, 11) is 5.92. The van der Waals surface area contributed by atoms with Crippen LogP contribution < -0.4 is 0 Å². The zero-order valence-corrected chi connectivity index (χ0v) is 38.3. The first-order valence-corrected chi connectivity index (χ1v) is 22.9. The molecule has 0 bridgehead atoms. The molecule has 0 spiro atoms. The number of quaternary nitrogens is 1. The highest BCUT2D eigenvalue weighted by Gasteiger charge is 2.25. The van der Waals surface area contributed by atoms with Crippen molar-refractivity contribution in [3.63, 3.8) is 0 Å². The van der Waals surface area contributed by atoms with Crippen LogP contribution in [0.1, 0.15) is 149 Å². The molecule has 0 amide bonds. The van der Waals surface area contributed by atoms with E-state index in [1.165, 1.54) is 6.42 Å². The summed E-state index contributed by atoms with van der Waals surface area (Å²) >= 11 is 0. The quantitative estimate of drug-likeness (QED) is 0.0214. The number of carboxylic acid groups (broad SMARTS) is 1. The number of likely N-dealkylation sites (N-methyl/N-ethyl adjacent to an activating group) is 1. The third-order valence-corrected chi connectivity index (χ3v) is 9.06. The van der Waals surface area contributed by atoms with E-state index in [4.69, 9.17) is 18.9 Å². The molecule has 2 unspecified atom stereocenters. The van der Waals surface area contributed by atoms with E-state index in [9.17, 15) is 19.5 Å². The lowest BCUT2D eigenvalue weighted by Crippen LogP contribution is -2.40. The van der Waals surface area contributed by atoms with E-state index in [1.807, 2.05) is 21.1 Å². The van der Waals surface area contributed by atoms with Crippen LogP contribution in [0.4, 0.5) is 0 Å². The summed E-state index contributed by atoms with van der Waals surface area (Å²) in [5.74, 6) is -2.08. The van der Waals surface area contributed by atoms with Crippen LogP contribution in [0.5, 0.6) is 0 Å². The van der Waals surface area contributed by atoms with Gasteiger partial charge in [0.1, 0.15) is 13.2 Å². The number of carbonyl (C=O) groups is 3. The van der Waals surface area contributed by atoms with Gasteiger partial charge in [0, 0.05) is 12.8 Å². The van der Waals surface area contributed by atoms with E-state index in [0.717, 1.165) is 109 Å². The second kappa shape index (κ2) is 41.9. The molecule has 0 saturated carbocycles. The number of carboxylic acids is 1. The Hall–Kier alpha value is -3.79. The van der Waals surface area contributed by atoms with Crippen LogP contribution in [-0.4, -0.2) is 87.4 Å². The Morgan fingerprint density at radius 2 is 0.950 bits per heavy atom. The normalized spacial score (nSPS) is 13.8. The van der Waals surface area contributed by atoms with Crippen molar-refractivity contribution in [1.29, 1.82) is 0 Å². The predicted molar refractivity (Wildman–Crippen MR) is 248 cm³/mol. The van der Waals surface area contributed by atoms with Gasteiger partial charge >= 0.3 is 17.9 Å². The molecule has 0 aliphatic rings. The molecule has 0 rings (SSSR count). The van der Waals surface area contributed by atoms with Crippen LogP contribution in [0, 0.1) is 0 Å². The van der Waals surface area contributed by atoms with E-state index < -0.39 is 24.3 Å². The van der Waals surface area contributed by atoms with Crippen LogP contribution in [-0.2, 0) is 33.3 Å². The van der Waals surface area contributed by atoms with Crippen LogP contribution >= 0.6 is 0 Å². The third kappa shape index (κ3) is 42.3. The van der Waals surface area contributed by atoms with Gasteiger partial charge in [-0.05, 0) is 89.9 Å². The number of esters is 2. The lowest BCUT2D eigenvalue weighted by Gasteiger charge is -2.25. The first-order chi connectivity index (χ1) is 29.1. The van der Waals surface area contributed by atoms with Crippen molar-refractivity contribution in [3.8, 4) is 0 Å². The molecule has 0 aromatic carbocycles. The molecule has 9 nitrogen and oxygen atoms in total. The highest BCUT2D eigenvalue weighted by Crippen LogP contribution is 2.11. The largest absolute Gasteiger partial charge is 0.477 e. The fraction of sp³-hybridized carbons (Fsp3) is 0.627. The molecule has 0 aliphatic carbocycles. The number of unbranched alkanes of at least 4 members (excludes halogenated alkanes) is 9. The molecule has 0 saturated heterocycles. The molecule has 0 aromatic heterocycles. The Labute approximate surface area is 365 Å². The van der Waals surface area contributed by atoms with Crippen LogP contribution in [0.2, 0.25) is 0 Å². The van der Waals surface area contributed by atoms with Crippen LogP contribution in [0.15, 0.2) is 97.2 Å². The van der Waals surface area contributed by atoms with Gasteiger partial charge in [-0.1, -0.05) is 143 Å².